The molecule has 0 amide bonds. The predicted molar refractivity (Wildman–Crippen MR) is 110 cm³/mol. The zero-order valence-corrected chi connectivity index (χ0v) is 16.8. The van der Waals surface area contributed by atoms with Gasteiger partial charge in [-0.25, -0.2) is 18.9 Å². The lowest BCUT2D eigenvalue weighted by Gasteiger charge is -2.07. The zero-order chi connectivity index (χ0) is 21.5. The van der Waals surface area contributed by atoms with Crippen LogP contribution >= 0.6 is 0 Å². The maximum absolute atomic E-state index is 13.4. The number of halogens is 1. The van der Waals surface area contributed by atoms with Crippen molar-refractivity contribution in [3.05, 3.63) is 78.0 Å². The Morgan fingerprint density at radius 2 is 1.94 bits per heavy atom. The first kappa shape index (κ1) is 18.9. The topological polar surface area (TPSA) is 91.1 Å². The molecule has 0 atom stereocenters. The van der Waals surface area contributed by atoms with Crippen LogP contribution < -0.4 is 0 Å². The molecule has 1 aromatic carbocycles. The highest BCUT2D eigenvalue weighted by atomic mass is 19.1. The van der Waals surface area contributed by atoms with Crippen molar-refractivity contribution in [2.24, 2.45) is 7.05 Å². The van der Waals surface area contributed by atoms with Gasteiger partial charge in [-0.3, -0.25) is 4.79 Å². The average molecular weight is 416 g/mol. The highest BCUT2D eigenvalue weighted by molar-refractivity contribution is 5.96. The minimum Gasteiger partial charge on any atom is -0.364 e. The van der Waals surface area contributed by atoms with Crippen LogP contribution in [0.2, 0.25) is 0 Å². The number of aromatic nitrogens is 6. The highest BCUT2D eigenvalue weighted by Crippen LogP contribution is 2.31. The molecule has 0 spiro atoms. The number of rotatable bonds is 5. The van der Waals surface area contributed by atoms with Gasteiger partial charge in [-0.05, 0) is 43.3 Å². The summed E-state index contributed by atoms with van der Waals surface area (Å²) in [4.78, 5) is 21.4. The maximum atomic E-state index is 13.4. The van der Waals surface area contributed by atoms with Crippen molar-refractivity contribution in [3.8, 4) is 22.6 Å². The summed E-state index contributed by atoms with van der Waals surface area (Å²) in [6, 6.07) is 9.92. The van der Waals surface area contributed by atoms with E-state index >= 15 is 0 Å². The summed E-state index contributed by atoms with van der Waals surface area (Å²) in [6.07, 6.45) is 4.54. The summed E-state index contributed by atoms with van der Waals surface area (Å²) in [5.41, 5.74) is 4.63. The number of Topliss-reactive ketones (excluding diaryl/α,β-unsaturated/α-hetero) is 1. The molecule has 8 nitrogen and oxygen atoms in total. The Morgan fingerprint density at radius 3 is 2.68 bits per heavy atom. The molecular weight excluding hydrogens is 399 g/mol. The third kappa shape index (κ3) is 3.39. The SMILES string of the molecule is Cc1nc(-c2ccc(F)cc2)c(-c2ccc3nc(CC(=O)c4cnoc4)cn3n2)n1C. The molecule has 0 unspecified atom stereocenters. The summed E-state index contributed by atoms with van der Waals surface area (Å²) in [5, 5.41) is 8.25. The second-order valence-electron chi connectivity index (χ2n) is 7.19. The van der Waals surface area contributed by atoms with E-state index < -0.39 is 0 Å². The summed E-state index contributed by atoms with van der Waals surface area (Å²) >= 11 is 0. The number of aryl methyl sites for hydroxylation is 1. The molecule has 0 aliphatic carbocycles. The van der Waals surface area contributed by atoms with Gasteiger partial charge < -0.3 is 9.09 Å². The summed E-state index contributed by atoms with van der Waals surface area (Å²) in [6.45, 7) is 1.90. The average Bonchev–Trinajstić information content (AvgIpc) is 3.48. The quantitative estimate of drug-likeness (QED) is 0.406. The normalized spacial score (nSPS) is 11.3. The number of hydrogen-bond donors (Lipinski definition) is 0. The van der Waals surface area contributed by atoms with Crippen LogP contribution in [0.15, 0.2) is 59.6 Å². The fraction of sp³-hybridized carbons (Fsp3) is 0.136. The van der Waals surface area contributed by atoms with Gasteiger partial charge in [0.25, 0.3) is 0 Å². The van der Waals surface area contributed by atoms with Crippen LogP contribution in [0, 0.1) is 12.7 Å². The van der Waals surface area contributed by atoms with E-state index in [-0.39, 0.29) is 18.0 Å². The molecule has 0 fully saturated rings. The van der Waals surface area contributed by atoms with Crippen LogP contribution in [0.25, 0.3) is 28.3 Å². The Bertz CT molecular complexity index is 1400. The minimum atomic E-state index is -0.302. The van der Waals surface area contributed by atoms with Crippen molar-refractivity contribution in [1.29, 1.82) is 0 Å². The van der Waals surface area contributed by atoms with E-state index in [1.807, 2.05) is 30.7 Å². The Hall–Kier alpha value is -4.14. The molecule has 0 saturated heterocycles. The standard InChI is InChI=1S/C22H17FN6O2/c1-13-25-21(14-3-5-16(23)6-4-14)22(28(13)2)18-7-8-20-26-17(11-29(20)27-18)9-19(30)15-10-24-31-12-15/h3-8,10-12H,9H2,1-2H3. The Labute approximate surface area is 176 Å². The number of imidazole rings is 2. The van der Waals surface area contributed by atoms with E-state index in [9.17, 15) is 9.18 Å². The number of ketones is 1. The third-order valence-electron chi connectivity index (χ3n) is 5.14. The predicted octanol–water partition coefficient (Wildman–Crippen LogP) is 3.66. The first-order valence-electron chi connectivity index (χ1n) is 9.57. The van der Waals surface area contributed by atoms with Crippen molar-refractivity contribution < 1.29 is 13.7 Å². The number of carbonyl (C=O) groups excluding carboxylic acids is 1. The summed E-state index contributed by atoms with van der Waals surface area (Å²) in [5.74, 6) is 0.372. The number of hydrogen-bond acceptors (Lipinski definition) is 6. The summed E-state index contributed by atoms with van der Waals surface area (Å²) in [7, 11) is 1.91. The number of carbonyl (C=O) groups is 1. The van der Waals surface area contributed by atoms with E-state index in [1.165, 1.54) is 24.6 Å². The van der Waals surface area contributed by atoms with Crippen molar-refractivity contribution in [2.45, 2.75) is 13.3 Å². The first-order valence-corrected chi connectivity index (χ1v) is 9.57. The summed E-state index contributed by atoms with van der Waals surface area (Å²) < 4.78 is 21.7. The van der Waals surface area contributed by atoms with Crippen LogP contribution in [-0.4, -0.2) is 35.1 Å². The fourth-order valence-corrected chi connectivity index (χ4v) is 3.46. The van der Waals surface area contributed by atoms with Gasteiger partial charge in [0.15, 0.2) is 11.4 Å². The largest absolute Gasteiger partial charge is 0.364 e. The number of fused-ring (bicyclic) bond motifs is 1. The molecular formula is C22H17FN6O2. The Morgan fingerprint density at radius 1 is 1.13 bits per heavy atom. The Kier molecular flexibility index (Phi) is 4.43. The van der Waals surface area contributed by atoms with Gasteiger partial charge in [-0.1, -0.05) is 5.16 Å². The Balaban J connectivity index is 1.54. The van der Waals surface area contributed by atoms with E-state index in [0.29, 0.717) is 22.6 Å². The molecule has 4 heterocycles. The van der Waals surface area contributed by atoms with Gasteiger partial charge >= 0.3 is 0 Å². The first-order chi connectivity index (χ1) is 15.0. The zero-order valence-electron chi connectivity index (χ0n) is 16.8. The molecule has 4 aromatic heterocycles. The smallest absolute Gasteiger partial charge is 0.173 e. The van der Waals surface area contributed by atoms with E-state index in [2.05, 4.69) is 15.1 Å². The van der Waals surface area contributed by atoms with Crippen LogP contribution in [-0.2, 0) is 13.5 Å². The lowest BCUT2D eigenvalue weighted by molar-refractivity contribution is 0.0991. The number of nitrogens with zero attached hydrogens (tertiary/aromatic N) is 6. The van der Waals surface area contributed by atoms with Crippen LogP contribution in [0.3, 0.4) is 0 Å². The van der Waals surface area contributed by atoms with Gasteiger partial charge in [0.2, 0.25) is 0 Å². The van der Waals surface area contributed by atoms with Crippen molar-refractivity contribution in [2.75, 3.05) is 0 Å². The molecule has 31 heavy (non-hydrogen) atoms. The van der Waals surface area contributed by atoms with E-state index in [0.717, 1.165) is 22.8 Å². The maximum Gasteiger partial charge on any atom is 0.173 e. The van der Waals surface area contributed by atoms with Crippen LogP contribution in [0.5, 0.6) is 0 Å². The van der Waals surface area contributed by atoms with Gasteiger partial charge in [0.1, 0.15) is 23.6 Å². The molecule has 0 aliphatic heterocycles. The highest BCUT2D eigenvalue weighted by Gasteiger charge is 2.19. The monoisotopic (exact) mass is 416 g/mol. The minimum absolute atomic E-state index is 0.117. The van der Waals surface area contributed by atoms with Crippen molar-refractivity contribution >= 4 is 11.4 Å². The number of benzene rings is 1. The molecule has 0 aliphatic rings. The van der Waals surface area contributed by atoms with E-state index in [1.54, 1.807) is 22.8 Å². The second-order valence-corrected chi connectivity index (χ2v) is 7.19. The van der Waals surface area contributed by atoms with Gasteiger partial charge in [-0.2, -0.15) is 5.10 Å². The molecule has 0 saturated carbocycles. The second kappa shape index (κ2) is 7.28. The molecule has 154 valence electrons. The van der Waals surface area contributed by atoms with E-state index in [4.69, 9.17) is 9.62 Å². The van der Waals surface area contributed by atoms with Gasteiger partial charge in [0.05, 0.1) is 41.5 Å². The third-order valence-corrected chi connectivity index (χ3v) is 5.14. The van der Waals surface area contributed by atoms with Gasteiger partial charge in [-0.15, -0.1) is 0 Å². The molecule has 5 rings (SSSR count). The molecule has 0 bridgehead atoms. The molecule has 9 heteroatoms. The fourth-order valence-electron chi connectivity index (χ4n) is 3.46. The van der Waals surface area contributed by atoms with Gasteiger partial charge in [0, 0.05) is 12.6 Å². The molecule has 0 N–H and O–H groups in total. The lowest BCUT2D eigenvalue weighted by Crippen LogP contribution is -2.02. The van der Waals surface area contributed by atoms with Crippen molar-refractivity contribution in [1.82, 2.24) is 29.3 Å². The van der Waals surface area contributed by atoms with Crippen LogP contribution in [0.4, 0.5) is 4.39 Å². The van der Waals surface area contributed by atoms with Crippen molar-refractivity contribution in [3.63, 3.8) is 0 Å². The molecule has 5 aromatic rings. The lowest BCUT2D eigenvalue weighted by atomic mass is 10.1. The molecule has 0 radical (unpaired) electrons. The van der Waals surface area contributed by atoms with Crippen LogP contribution in [0.1, 0.15) is 21.9 Å².